The minimum Gasteiger partial charge on any atom is -0.469 e. The average Bonchev–Trinajstić information content (AvgIpc) is 2.27. The van der Waals surface area contributed by atoms with E-state index in [0.29, 0.717) is 11.4 Å². The highest BCUT2D eigenvalue weighted by Crippen LogP contribution is 2.26. The number of aliphatic hydroxyl groups is 1. The summed E-state index contributed by atoms with van der Waals surface area (Å²) in [6.07, 6.45) is -0.337. The van der Waals surface area contributed by atoms with Crippen LogP contribution in [-0.4, -0.2) is 18.2 Å². The molecule has 0 aliphatic carbocycles. The summed E-state index contributed by atoms with van der Waals surface area (Å²) in [6.45, 7) is 3.62. The van der Waals surface area contributed by atoms with E-state index in [-0.39, 0.29) is 11.9 Å². The molecule has 0 aliphatic rings. The maximum atomic E-state index is 11.3. The zero-order chi connectivity index (χ0) is 13.0. The Balaban J connectivity index is 2.76. The molecular weight excluding hydrogens is 240 g/mol. The van der Waals surface area contributed by atoms with E-state index in [1.807, 2.05) is 6.92 Å². The van der Waals surface area contributed by atoms with Crippen molar-refractivity contribution in [2.45, 2.75) is 26.4 Å². The van der Waals surface area contributed by atoms with E-state index in [9.17, 15) is 9.90 Å². The summed E-state index contributed by atoms with van der Waals surface area (Å²) in [4.78, 5) is 11.3. The molecule has 0 bridgehead atoms. The van der Waals surface area contributed by atoms with Gasteiger partial charge in [0.1, 0.15) is 0 Å². The highest BCUT2D eigenvalue weighted by molar-refractivity contribution is 6.30. The lowest BCUT2D eigenvalue weighted by Gasteiger charge is -2.17. The Hall–Kier alpha value is -1.06. The molecule has 0 aromatic heterocycles. The Morgan fingerprint density at radius 1 is 1.53 bits per heavy atom. The van der Waals surface area contributed by atoms with E-state index in [0.717, 1.165) is 11.1 Å². The topological polar surface area (TPSA) is 46.5 Å². The number of carbonyl (C=O) groups is 1. The molecule has 0 radical (unpaired) electrons. The molecule has 0 saturated heterocycles. The normalized spacial score (nSPS) is 14.2. The lowest BCUT2D eigenvalue weighted by molar-refractivity contribution is -0.145. The molecule has 0 spiro atoms. The van der Waals surface area contributed by atoms with Gasteiger partial charge in [0.15, 0.2) is 0 Å². The van der Waals surface area contributed by atoms with Crippen LogP contribution >= 0.6 is 11.6 Å². The van der Waals surface area contributed by atoms with Crippen molar-refractivity contribution in [1.82, 2.24) is 0 Å². The molecular formula is C13H17ClO3. The summed E-state index contributed by atoms with van der Waals surface area (Å²) in [6, 6.07) is 5.31. The standard InChI is InChI=1S/C13H17ClO3/c1-8-6-10(14)4-5-11(8)12(15)7-9(2)13(16)17-3/h4-6,9,12,15H,7H2,1-3H3. The smallest absolute Gasteiger partial charge is 0.308 e. The number of esters is 1. The first kappa shape index (κ1) is 14.0. The van der Waals surface area contributed by atoms with E-state index in [4.69, 9.17) is 11.6 Å². The first-order valence-corrected chi connectivity index (χ1v) is 5.85. The highest BCUT2D eigenvalue weighted by Gasteiger charge is 2.20. The van der Waals surface area contributed by atoms with Gasteiger partial charge in [-0.15, -0.1) is 0 Å². The zero-order valence-electron chi connectivity index (χ0n) is 10.2. The number of benzene rings is 1. The van der Waals surface area contributed by atoms with Crippen LogP contribution in [0.5, 0.6) is 0 Å². The maximum Gasteiger partial charge on any atom is 0.308 e. The Morgan fingerprint density at radius 2 is 2.18 bits per heavy atom. The fourth-order valence-corrected chi connectivity index (χ4v) is 2.00. The predicted octanol–water partition coefficient (Wildman–Crippen LogP) is 2.88. The summed E-state index contributed by atoms with van der Waals surface area (Å²) in [5, 5.41) is 10.7. The van der Waals surface area contributed by atoms with Gasteiger partial charge < -0.3 is 9.84 Å². The highest BCUT2D eigenvalue weighted by atomic mass is 35.5. The summed E-state index contributed by atoms with van der Waals surface area (Å²) in [5.74, 6) is -0.638. The summed E-state index contributed by atoms with van der Waals surface area (Å²) in [5.41, 5.74) is 1.72. The molecule has 0 saturated carbocycles. The lowest BCUT2D eigenvalue weighted by Crippen LogP contribution is -2.16. The molecule has 3 nitrogen and oxygen atoms in total. The molecule has 4 heteroatoms. The Kier molecular flexibility index (Phi) is 4.97. The minimum absolute atomic E-state index is 0.310. The van der Waals surface area contributed by atoms with Crippen molar-refractivity contribution in [2.75, 3.05) is 7.11 Å². The third-order valence-corrected chi connectivity index (χ3v) is 3.01. The maximum absolute atomic E-state index is 11.3. The number of rotatable bonds is 4. The third kappa shape index (κ3) is 3.72. The second-order valence-corrected chi connectivity index (χ2v) is 4.61. The number of hydrogen-bond acceptors (Lipinski definition) is 3. The summed E-state index contributed by atoms with van der Waals surface area (Å²) >= 11 is 5.84. The molecule has 1 aromatic carbocycles. The van der Waals surface area contributed by atoms with Gasteiger partial charge in [-0.3, -0.25) is 4.79 Å². The van der Waals surface area contributed by atoms with Gasteiger partial charge in [0.05, 0.1) is 19.1 Å². The van der Waals surface area contributed by atoms with E-state index in [2.05, 4.69) is 4.74 Å². The second-order valence-electron chi connectivity index (χ2n) is 4.18. The molecule has 0 aliphatic heterocycles. The van der Waals surface area contributed by atoms with Gasteiger partial charge in [-0.1, -0.05) is 24.6 Å². The van der Waals surface area contributed by atoms with E-state index >= 15 is 0 Å². The van der Waals surface area contributed by atoms with Crippen molar-refractivity contribution in [3.63, 3.8) is 0 Å². The number of aryl methyl sites for hydroxylation is 1. The SMILES string of the molecule is COC(=O)C(C)CC(O)c1ccc(Cl)cc1C. The van der Waals surface area contributed by atoms with Crippen molar-refractivity contribution in [2.24, 2.45) is 5.92 Å². The Bertz CT molecular complexity index is 404. The van der Waals surface area contributed by atoms with Gasteiger partial charge in [-0.25, -0.2) is 0 Å². The number of aliphatic hydroxyl groups excluding tert-OH is 1. The van der Waals surface area contributed by atoms with Crippen LogP contribution in [0.25, 0.3) is 0 Å². The van der Waals surface area contributed by atoms with Crippen LogP contribution in [0.3, 0.4) is 0 Å². The van der Waals surface area contributed by atoms with Crippen molar-refractivity contribution < 1.29 is 14.6 Å². The van der Waals surface area contributed by atoms with Crippen LogP contribution < -0.4 is 0 Å². The van der Waals surface area contributed by atoms with Crippen LogP contribution in [0.1, 0.15) is 30.6 Å². The average molecular weight is 257 g/mol. The largest absolute Gasteiger partial charge is 0.469 e. The minimum atomic E-state index is -0.679. The summed E-state index contributed by atoms with van der Waals surface area (Å²) in [7, 11) is 1.35. The molecule has 94 valence electrons. The first-order valence-electron chi connectivity index (χ1n) is 5.47. The molecule has 0 fully saturated rings. The Labute approximate surface area is 106 Å². The number of halogens is 1. The van der Waals surface area contributed by atoms with Gasteiger partial charge >= 0.3 is 5.97 Å². The van der Waals surface area contributed by atoms with Crippen molar-refractivity contribution in [3.8, 4) is 0 Å². The predicted molar refractivity (Wildman–Crippen MR) is 66.9 cm³/mol. The van der Waals surface area contributed by atoms with Crippen LogP contribution in [0.15, 0.2) is 18.2 Å². The van der Waals surface area contributed by atoms with Crippen LogP contribution in [0.4, 0.5) is 0 Å². The first-order chi connectivity index (χ1) is 7.95. The van der Waals surface area contributed by atoms with Gasteiger partial charge in [0.2, 0.25) is 0 Å². The van der Waals surface area contributed by atoms with Crippen molar-refractivity contribution in [3.05, 3.63) is 34.3 Å². The van der Waals surface area contributed by atoms with Crippen molar-refractivity contribution >= 4 is 17.6 Å². The molecule has 1 aromatic rings. The van der Waals surface area contributed by atoms with Gasteiger partial charge in [-0.2, -0.15) is 0 Å². The number of carbonyl (C=O) groups excluding carboxylic acids is 1. The van der Waals surface area contributed by atoms with Gasteiger partial charge in [0, 0.05) is 5.02 Å². The summed E-state index contributed by atoms with van der Waals surface area (Å²) < 4.78 is 4.63. The molecule has 2 atom stereocenters. The Morgan fingerprint density at radius 3 is 2.71 bits per heavy atom. The zero-order valence-corrected chi connectivity index (χ0v) is 11.0. The number of hydrogen-bond donors (Lipinski definition) is 1. The molecule has 0 amide bonds. The van der Waals surface area contributed by atoms with Crippen molar-refractivity contribution in [1.29, 1.82) is 0 Å². The van der Waals surface area contributed by atoms with Gasteiger partial charge in [-0.05, 0) is 36.6 Å². The van der Waals surface area contributed by atoms with E-state index in [1.54, 1.807) is 25.1 Å². The van der Waals surface area contributed by atoms with Crippen LogP contribution in [-0.2, 0) is 9.53 Å². The monoisotopic (exact) mass is 256 g/mol. The fourth-order valence-electron chi connectivity index (χ4n) is 1.77. The molecule has 0 heterocycles. The lowest BCUT2D eigenvalue weighted by atomic mass is 9.95. The van der Waals surface area contributed by atoms with Gasteiger partial charge in [0.25, 0.3) is 0 Å². The van der Waals surface area contributed by atoms with Crippen LogP contribution in [0, 0.1) is 12.8 Å². The van der Waals surface area contributed by atoms with E-state index in [1.165, 1.54) is 7.11 Å². The molecule has 2 unspecified atom stereocenters. The third-order valence-electron chi connectivity index (χ3n) is 2.77. The second kappa shape index (κ2) is 6.03. The quantitative estimate of drug-likeness (QED) is 0.843. The number of methoxy groups -OCH3 is 1. The van der Waals surface area contributed by atoms with E-state index < -0.39 is 6.10 Å². The molecule has 1 N–H and O–H groups in total. The molecule has 17 heavy (non-hydrogen) atoms. The fraction of sp³-hybridized carbons (Fsp3) is 0.462. The molecule has 1 rings (SSSR count). The van der Waals surface area contributed by atoms with Crippen LogP contribution in [0.2, 0.25) is 5.02 Å². The number of ether oxygens (including phenoxy) is 1.